The molecule has 4 aliphatic rings. The van der Waals surface area contributed by atoms with E-state index < -0.39 is 28.6 Å². The highest BCUT2D eigenvalue weighted by atomic mass is 19.1. The maximum absolute atomic E-state index is 13.3. The Labute approximate surface area is 183 Å². The van der Waals surface area contributed by atoms with Crippen molar-refractivity contribution < 1.29 is 19.4 Å². The second kappa shape index (κ2) is 6.26. The monoisotopic (exact) mass is 437 g/mol. The van der Waals surface area contributed by atoms with Gasteiger partial charge in [-0.1, -0.05) is 0 Å². The fourth-order valence-electron chi connectivity index (χ4n) is 6.82. The summed E-state index contributed by atoms with van der Waals surface area (Å²) in [7, 11) is 0. The maximum atomic E-state index is 13.3. The molecule has 166 valence electrons. The molecule has 0 aromatic carbocycles. The summed E-state index contributed by atoms with van der Waals surface area (Å²) in [6, 6.07) is 4.76. The average Bonchev–Trinajstić information content (AvgIpc) is 3.10. The zero-order valence-corrected chi connectivity index (χ0v) is 17.4. The molecule has 4 saturated carbocycles. The number of aromatic nitrogens is 3. The number of hydrogen-bond acceptors (Lipinski definition) is 6. The third-order valence-electron chi connectivity index (χ3n) is 7.36. The fraction of sp³-hybridized carbons (Fsp3) is 0.435. The highest BCUT2D eigenvalue weighted by Gasteiger charge is 2.63. The Morgan fingerprint density at radius 2 is 1.88 bits per heavy atom. The number of fused-ring (bicyclic) bond motifs is 1. The van der Waals surface area contributed by atoms with Gasteiger partial charge in [-0.05, 0) is 56.2 Å². The number of hydrogen-bond donors (Lipinski definition) is 4. The molecule has 0 spiro atoms. The van der Waals surface area contributed by atoms with Gasteiger partial charge in [0.2, 0.25) is 5.95 Å². The van der Waals surface area contributed by atoms with Crippen LogP contribution in [0.1, 0.15) is 48.9 Å². The van der Waals surface area contributed by atoms with Crippen molar-refractivity contribution in [1.29, 1.82) is 0 Å². The van der Waals surface area contributed by atoms with Crippen molar-refractivity contribution in [3.05, 3.63) is 48.3 Å². The lowest BCUT2D eigenvalue weighted by molar-refractivity contribution is -0.200. The van der Waals surface area contributed by atoms with E-state index in [1.54, 1.807) is 16.8 Å². The minimum atomic E-state index is -0.912. The molecular weight excluding hydrogens is 413 g/mol. The van der Waals surface area contributed by atoms with Gasteiger partial charge >= 0.3 is 0 Å². The topological polar surface area (TPSA) is 126 Å². The first-order valence-corrected chi connectivity index (χ1v) is 10.8. The number of carbonyl (C=O) groups excluding carboxylic acids is 1. The second-order valence-corrected chi connectivity index (χ2v) is 10.1. The summed E-state index contributed by atoms with van der Waals surface area (Å²) in [6.45, 7) is 0. The first-order chi connectivity index (χ1) is 15.1. The summed E-state index contributed by atoms with van der Waals surface area (Å²) >= 11 is 0. The van der Waals surface area contributed by atoms with Crippen molar-refractivity contribution in [2.24, 2.45) is 11.7 Å². The van der Waals surface area contributed by atoms with E-state index in [1.807, 2.05) is 6.07 Å². The molecule has 3 heterocycles. The van der Waals surface area contributed by atoms with Gasteiger partial charge < -0.3 is 21.3 Å². The number of anilines is 1. The number of aliphatic hydroxyl groups is 2. The zero-order chi connectivity index (χ0) is 22.3. The first-order valence-electron chi connectivity index (χ1n) is 10.8. The summed E-state index contributed by atoms with van der Waals surface area (Å²) in [5.74, 6) is -0.959. The SMILES string of the molecule is NC(=O)c1cnn2cc(-c3ccc(F)nc3)cc2c1NC12CC3CC(O)(CC(O)(C3)C1)C2. The predicted octanol–water partition coefficient (Wildman–Crippen LogP) is 2.24. The van der Waals surface area contributed by atoms with Crippen LogP contribution in [0.4, 0.5) is 10.1 Å². The maximum Gasteiger partial charge on any atom is 0.252 e. The van der Waals surface area contributed by atoms with Gasteiger partial charge in [-0.2, -0.15) is 9.49 Å². The molecule has 4 aliphatic carbocycles. The quantitative estimate of drug-likeness (QED) is 0.464. The lowest BCUT2D eigenvalue weighted by atomic mass is 9.49. The van der Waals surface area contributed by atoms with E-state index in [9.17, 15) is 19.4 Å². The van der Waals surface area contributed by atoms with E-state index >= 15 is 0 Å². The second-order valence-electron chi connectivity index (χ2n) is 10.1. The smallest absolute Gasteiger partial charge is 0.252 e. The van der Waals surface area contributed by atoms with Crippen LogP contribution >= 0.6 is 0 Å². The number of rotatable bonds is 4. The molecule has 4 fully saturated rings. The Morgan fingerprint density at radius 3 is 2.50 bits per heavy atom. The van der Waals surface area contributed by atoms with Crippen molar-refractivity contribution in [1.82, 2.24) is 14.6 Å². The molecule has 5 N–H and O–H groups in total. The molecule has 4 bridgehead atoms. The Morgan fingerprint density at radius 1 is 1.12 bits per heavy atom. The van der Waals surface area contributed by atoms with Gasteiger partial charge in [0.05, 0.1) is 34.2 Å². The molecule has 7 rings (SSSR count). The Kier molecular flexibility index (Phi) is 3.84. The number of nitrogens with two attached hydrogens (primary N) is 1. The van der Waals surface area contributed by atoms with E-state index in [4.69, 9.17) is 5.73 Å². The van der Waals surface area contributed by atoms with Crippen molar-refractivity contribution >= 4 is 17.1 Å². The molecule has 32 heavy (non-hydrogen) atoms. The van der Waals surface area contributed by atoms with Gasteiger partial charge in [0, 0.05) is 35.5 Å². The molecule has 1 amide bonds. The lowest BCUT2D eigenvalue weighted by Gasteiger charge is -2.63. The minimum absolute atomic E-state index is 0.219. The van der Waals surface area contributed by atoms with Crippen molar-refractivity contribution in [3.63, 3.8) is 0 Å². The molecule has 9 heteroatoms. The molecule has 2 atom stereocenters. The number of nitrogens with one attached hydrogen (secondary N) is 1. The fourth-order valence-corrected chi connectivity index (χ4v) is 6.82. The van der Waals surface area contributed by atoms with Gasteiger partial charge in [0.25, 0.3) is 5.91 Å². The van der Waals surface area contributed by atoms with E-state index in [0.29, 0.717) is 48.9 Å². The number of halogens is 1. The summed E-state index contributed by atoms with van der Waals surface area (Å²) in [5, 5.41) is 30.1. The highest BCUT2D eigenvalue weighted by molar-refractivity contribution is 6.02. The van der Waals surface area contributed by atoms with Crippen molar-refractivity contribution in [3.8, 4) is 11.1 Å². The Bertz CT molecular complexity index is 1240. The first kappa shape index (κ1) is 19.6. The Balaban J connectivity index is 1.47. The summed E-state index contributed by atoms with van der Waals surface area (Å²) in [4.78, 5) is 16.0. The number of primary amides is 1. The summed E-state index contributed by atoms with van der Waals surface area (Å²) < 4.78 is 14.9. The molecule has 0 aliphatic heterocycles. The van der Waals surface area contributed by atoms with E-state index in [-0.39, 0.29) is 11.5 Å². The van der Waals surface area contributed by atoms with Crippen molar-refractivity contribution in [2.75, 3.05) is 5.32 Å². The summed E-state index contributed by atoms with van der Waals surface area (Å²) in [6.07, 6.45) is 8.23. The van der Waals surface area contributed by atoms with Crippen LogP contribution in [-0.4, -0.2) is 47.5 Å². The van der Waals surface area contributed by atoms with Crippen LogP contribution < -0.4 is 11.1 Å². The largest absolute Gasteiger partial charge is 0.390 e. The lowest BCUT2D eigenvalue weighted by Crippen LogP contribution is -2.68. The highest BCUT2D eigenvalue weighted by Crippen LogP contribution is 2.60. The third-order valence-corrected chi connectivity index (χ3v) is 7.36. The van der Waals surface area contributed by atoms with Crippen LogP contribution in [-0.2, 0) is 0 Å². The molecule has 3 aromatic heterocycles. The number of amides is 1. The van der Waals surface area contributed by atoms with Crippen LogP contribution in [0.3, 0.4) is 0 Å². The number of carbonyl (C=O) groups is 1. The van der Waals surface area contributed by atoms with Crippen LogP contribution in [0.2, 0.25) is 0 Å². The van der Waals surface area contributed by atoms with Crippen LogP contribution in [0.15, 0.2) is 36.8 Å². The number of nitrogens with zero attached hydrogens (tertiary/aromatic N) is 3. The summed E-state index contributed by atoms with van der Waals surface area (Å²) in [5.41, 5.74) is 6.19. The third kappa shape index (κ3) is 2.99. The molecule has 8 nitrogen and oxygen atoms in total. The van der Waals surface area contributed by atoms with Gasteiger partial charge in [0.15, 0.2) is 0 Å². The van der Waals surface area contributed by atoms with Crippen LogP contribution in [0, 0.1) is 11.9 Å². The minimum Gasteiger partial charge on any atom is -0.390 e. The molecular formula is C23H24FN5O3. The molecule has 2 unspecified atom stereocenters. The standard InChI is InChI=1S/C23H24FN5O3/c24-18-2-1-14(7-26-18)15-3-17-19(16(20(25)30)8-27-29(17)9-15)28-21-4-13-5-22(31,10-21)12-23(32,6-13)11-21/h1-3,7-9,13,28,31-32H,4-6,10-12H2,(H2,25,30). The van der Waals surface area contributed by atoms with Crippen LogP contribution in [0.25, 0.3) is 16.6 Å². The average molecular weight is 437 g/mol. The van der Waals surface area contributed by atoms with Gasteiger partial charge in [-0.15, -0.1) is 0 Å². The van der Waals surface area contributed by atoms with Crippen molar-refractivity contribution in [2.45, 2.75) is 55.3 Å². The number of pyridine rings is 1. The molecule has 3 aromatic rings. The van der Waals surface area contributed by atoms with Crippen LogP contribution in [0.5, 0.6) is 0 Å². The van der Waals surface area contributed by atoms with E-state index in [2.05, 4.69) is 15.4 Å². The van der Waals surface area contributed by atoms with E-state index in [1.165, 1.54) is 18.5 Å². The molecule has 0 saturated heterocycles. The van der Waals surface area contributed by atoms with Gasteiger partial charge in [-0.3, -0.25) is 4.79 Å². The molecule has 0 radical (unpaired) electrons. The normalized spacial score (nSPS) is 33.0. The van der Waals surface area contributed by atoms with E-state index in [0.717, 1.165) is 12.0 Å². The van der Waals surface area contributed by atoms with Gasteiger partial charge in [-0.25, -0.2) is 9.50 Å². The van der Waals surface area contributed by atoms with Gasteiger partial charge in [0.1, 0.15) is 0 Å². The Hall–Kier alpha value is -3.04. The predicted molar refractivity (Wildman–Crippen MR) is 114 cm³/mol. The zero-order valence-electron chi connectivity index (χ0n) is 17.4.